The highest BCUT2D eigenvalue weighted by molar-refractivity contribution is 7.90. The maximum Gasteiger partial charge on any atom is 0.232 e. The van der Waals surface area contributed by atoms with Gasteiger partial charge < -0.3 is 4.74 Å². The summed E-state index contributed by atoms with van der Waals surface area (Å²) in [7, 11) is -2.08. The molecular weight excluding hydrogens is 418 g/mol. The Balaban J connectivity index is 1.65. The largest absolute Gasteiger partial charge is 0.497 e. The van der Waals surface area contributed by atoms with Crippen molar-refractivity contribution < 1.29 is 13.2 Å². The number of imidazole rings is 1. The number of sulfone groups is 1. The number of ether oxygens (including phenoxy) is 1. The minimum absolute atomic E-state index is 0.0205. The number of aromatic nitrogens is 3. The molecule has 154 valence electrons. The zero-order chi connectivity index (χ0) is 21.3. The monoisotopic (exact) mass is 439 g/mol. The van der Waals surface area contributed by atoms with Gasteiger partial charge in [-0.25, -0.2) is 18.4 Å². The van der Waals surface area contributed by atoms with Gasteiger partial charge in [-0.1, -0.05) is 24.3 Å². The molecular formula is C22H21N3O3S2. The van der Waals surface area contributed by atoms with Crippen LogP contribution < -0.4 is 4.74 Å². The summed E-state index contributed by atoms with van der Waals surface area (Å²) in [6.45, 7) is 3.93. The number of aryl methyl sites for hydroxylation is 2. The van der Waals surface area contributed by atoms with Gasteiger partial charge in [0.1, 0.15) is 16.5 Å². The Bertz CT molecular complexity index is 1310. The number of rotatable bonds is 6. The van der Waals surface area contributed by atoms with E-state index in [0.29, 0.717) is 5.69 Å². The van der Waals surface area contributed by atoms with Crippen molar-refractivity contribution in [3.05, 3.63) is 77.1 Å². The Morgan fingerprint density at radius 1 is 1.13 bits per heavy atom. The van der Waals surface area contributed by atoms with Crippen LogP contribution >= 0.6 is 11.3 Å². The second kappa shape index (κ2) is 8.04. The van der Waals surface area contributed by atoms with Gasteiger partial charge in [-0.3, -0.25) is 4.57 Å². The number of hydrogen-bond acceptors (Lipinski definition) is 6. The smallest absolute Gasteiger partial charge is 0.232 e. The lowest BCUT2D eigenvalue weighted by molar-refractivity contribution is 0.415. The normalized spacial score (nSPS) is 11.6. The third-order valence-corrected chi connectivity index (χ3v) is 7.19. The van der Waals surface area contributed by atoms with E-state index in [4.69, 9.17) is 4.74 Å². The van der Waals surface area contributed by atoms with E-state index >= 15 is 0 Å². The van der Waals surface area contributed by atoms with Crippen molar-refractivity contribution in [3.63, 3.8) is 0 Å². The molecule has 0 aliphatic heterocycles. The standard InChI is InChI=1S/C22H21N3O3S2/c1-15-7-8-16(2)20(11-15)25-10-9-23-22(25)30(26,27)14-18-13-29-21(24-18)17-5-4-6-19(12-17)28-3/h4-13H,14H2,1-3H3. The molecule has 0 radical (unpaired) electrons. The highest BCUT2D eigenvalue weighted by Gasteiger charge is 2.24. The molecule has 2 aromatic heterocycles. The first-order chi connectivity index (χ1) is 14.4. The molecule has 0 bridgehead atoms. The van der Waals surface area contributed by atoms with Crippen LogP contribution in [-0.2, 0) is 15.6 Å². The molecule has 0 fully saturated rings. The maximum atomic E-state index is 13.2. The lowest BCUT2D eigenvalue weighted by Crippen LogP contribution is -2.12. The first-order valence-corrected chi connectivity index (χ1v) is 11.8. The van der Waals surface area contributed by atoms with Gasteiger partial charge in [0.2, 0.25) is 15.0 Å². The molecule has 4 aromatic rings. The molecule has 0 atom stereocenters. The Hall–Kier alpha value is -2.97. The molecule has 4 rings (SSSR count). The van der Waals surface area contributed by atoms with E-state index < -0.39 is 9.84 Å². The number of methoxy groups -OCH3 is 1. The number of hydrogen-bond donors (Lipinski definition) is 0. The van der Waals surface area contributed by atoms with E-state index in [1.807, 2.05) is 56.3 Å². The molecule has 6 nitrogen and oxygen atoms in total. The summed E-state index contributed by atoms with van der Waals surface area (Å²) in [6.07, 6.45) is 3.19. The quantitative estimate of drug-likeness (QED) is 0.439. The molecule has 2 heterocycles. The molecule has 30 heavy (non-hydrogen) atoms. The fraction of sp³-hybridized carbons (Fsp3) is 0.182. The lowest BCUT2D eigenvalue weighted by atomic mass is 10.1. The van der Waals surface area contributed by atoms with E-state index in [0.717, 1.165) is 33.1 Å². The van der Waals surface area contributed by atoms with Crippen LogP contribution in [0.25, 0.3) is 16.3 Å². The molecule has 0 aliphatic rings. The number of nitrogens with zero attached hydrogens (tertiary/aromatic N) is 3. The lowest BCUT2D eigenvalue weighted by Gasteiger charge is -2.11. The Morgan fingerprint density at radius 3 is 2.77 bits per heavy atom. The second-order valence-electron chi connectivity index (χ2n) is 7.00. The fourth-order valence-electron chi connectivity index (χ4n) is 3.20. The summed E-state index contributed by atoms with van der Waals surface area (Å²) in [5.41, 5.74) is 4.22. The van der Waals surface area contributed by atoms with Crippen molar-refractivity contribution in [2.75, 3.05) is 7.11 Å². The van der Waals surface area contributed by atoms with Crippen LogP contribution in [0.2, 0.25) is 0 Å². The van der Waals surface area contributed by atoms with Gasteiger partial charge in [0.25, 0.3) is 0 Å². The van der Waals surface area contributed by atoms with Gasteiger partial charge in [-0.05, 0) is 43.2 Å². The minimum Gasteiger partial charge on any atom is -0.497 e. The minimum atomic E-state index is -3.69. The van der Waals surface area contributed by atoms with Crippen LogP contribution in [0, 0.1) is 13.8 Å². The van der Waals surface area contributed by atoms with Gasteiger partial charge in [0, 0.05) is 23.3 Å². The molecule has 0 unspecified atom stereocenters. The Labute approximate surface area is 179 Å². The summed E-state index contributed by atoms with van der Waals surface area (Å²) >= 11 is 1.41. The Kier molecular flexibility index (Phi) is 5.44. The molecule has 0 spiro atoms. The highest BCUT2D eigenvalue weighted by atomic mass is 32.2. The Morgan fingerprint density at radius 2 is 1.97 bits per heavy atom. The van der Waals surface area contributed by atoms with E-state index in [-0.39, 0.29) is 10.9 Å². The zero-order valence-corrected chi connectivity index (χ0v) is 18.5. The van der Waals surface area contributed by atoms with Gasteiger partial charge in [0.15, 0.2) is 0 Å². The van der Waals surface area contributed by atoms with Crippen LogP contribution in [0.1, 0.15) is 16.8 Å². The third-order valence-electron chi connectivity index (χ3n) is 4.72. The van der Waals surface area contributed by atoms with Crippen LogP contribution in [0.3, 0.4) is 0 Å². The highest BCUT2D eigenvalue weighted by Crippen LogP contribution is 2.28. The molecule has 8 heteroatoms. The van der Waals surface area contributed by atoms with Crippen molar-refractivity contribution in [1.82, 2.24) is 14.5 Å². The number of thiazole rings is 1. The van der Waals surface area contributed by atoms with Crippen molar-refractivity contribution >= 4 is 21.2 Å². The SMILES string of the molecule is COc1cccc(-c2nc(CS(=O)(=O)c3nccn3-c3cc(C)ccc3C)cs2)c1. The van der Waals surface area contributed by atoms with Crippen LogP contribution in [0.4, 0.5) is 0 Å². The number of benzene rings is 2. The summed E-state index contributed by atoms with van der Waals surface area (Å²) in [4.78, 5) is 8.68. The van der Waals surface area contributed by atoms with Crippen LogP contribution in [0.15, 0.2) is 65.4 Å². The summed E-state index contributed by atoms with van der Waals surface area (Å²) in [6, 6.07) is 13.5. The predicted octanol–water partition coefficient (Wildman–Crippen LogP) is 4.60. The topological polar surface area (TPSA) is 74.1 Å². The first kappa shape index (κ1) is 20.3. The van der Waals surface area contributed by atoms with Gasteiger partial charge in [-0.2, -0.15) is 0 Å². The summed E-state index contributed by atoms with van der Waals surface area (Å²) < 4.78 is 33.2. The van der Waals surface area contributed by atoms with Crippen molar-refractivity contribution in [2.45, 2.75) is 24.8 Å². The van der Waals surface area contributed by atoms with Crippen LogP contribution in [0.5, 0.6) is 5.75 Å². The molecule has 0 saturated heterocycles. The van der Waals surface area contributed by atoms with E-state index in [9.17, 15) is 8.42 Å². The summed E-state index contributed by atoms with van der Waals surface area (Å²) in [5, 5.41) is 2.54. The van der Waals surface area contributed by atoms with E-state index in [1.165, 1.54) is 17.5 Å². The fourth-order valence-corrected chi connectivity index (χ4v) is 5.47. The molecule has 0 amide bonds. The van der Waals surface area contributed by atoms with Crippen molar-refractivity contribution in [1.29, 1.82) is 0 Å². The average molecular weight is 440 g/mol. The van der Waals surface area contributed by atoms with Crippen molar-refractivity contribution in [3.8, 4) is 22.0 Å². The summed E-state index contributed by atoms with van der Waals surface area (Å²) in [5.74, 6) is 0.516. The maximum absolute atomic E-state index is 13.2. The zero-order valence-electron chi connectivity index (χ0n) is 16.9. The van der Waals surface area contributed by atoms with E-state index in [1.54, 1.807) is 23.3 Å². The second-order valence-corrected chi connectivity index (χ2v) is 9.75. The molecule has 2 aromatic carbocycles. The van der Waals surface area contributed by atoms with Gasteiger partial charge in [-0.15, -0.1) is 11.3 Å². The van der Waals surface area contributed by atoms with Crippen LogP contribution in [-0.4, -0.2) is 30.1 Å². The first-order valence-electron chi connectivity index (χ1n) is 9.30. The average Bonchev–Trinajstić information content (AvgIpc) is 3.39. The predicted molar refractivity (Wildman–Crippen MR) is 118 cm³/mol. The van der Waals surface area contributed by atoms with Gasteiger partial charge in [0.05, 0.1) is 18.5 Å². The van der Waals surface area contributed by atoms with E-state index in [2.05, 4.69) is 9.97 Å². The van der Waals surface area contributed by atoms with Crippen molar-refractivity contribution in [2.24, 2.45) is 0 Å². The van der Waals surface area contributed by atoms with Gasteiger partial charge >= 0.3 is 0 Å². The molecule has 0 saturated carbocycles. The molecule has 0 N–H and O–H groups in total. The molecule has 0 aliphatic carbocycles. The third kappa shape index (κ3) is 4.01.